The average molecular weight is 561 g/mol. The number of carbonyl (C=O) groups is 2. The molecule has 40 heavy (non-hydrogen) atoms. The van der Waals surface area contributed by atoms with E-state index in [4.69, 9.17) is 4.74 Å². The highest BCUT2D eigenvalue weighted by Crippen LogP contribution is 2.71. The Morgan fingerprint density at radius 1 is 0.875 bits per heavy atom. The fraction of sp³-hybridized carbons (Fsp3) is 0.889. The van der Waals surface area contributed by atoms with E-state index in [-0.39, 0.29) is 40.0 Å². The molecule has 0 aliphatic heterocycles. The van der Waals surface area contributed by atoms with Crippen LogP contribution in [0.15, 0.2) is 12.2 Å². The van der Waals surface area contributed by atoms with E-state index in [9.17, 15) is 14.7 Å². The third kappa shape index (κ3) is 6.07. The number of esters is 1. The van der Waals surface area contributed by atoms with E-state index in [1.807, 2.05) is 27.7 Å². The summed E-state index contributed by atoms with van der Waals surface area (Å²) in [5, 5.41) is 10.3. The lowest BCUT2D eigenvalue weighted by molar-refractivity contribution is -0.182. The van der Waals surface area contributed by atoms with Crippen LogP contribution in [-0.2, 0) is 14.3 Å². The normalized spacial score (nSPS) is 38.2. The van der Waals surface area contributed by atoms with Gasteiger partial charge in [0.1, 0.15) is 0 Å². The van der Waals surface area contributed by atoms with Crippen LogP contribution in [0.3, 0.4) is 0 Å². The Morgan fingerprint density at radius 2 is 1.45 bits per heavy atom. The van der Waals surface area contributed by atoms with Gasteiger partial charge in [-0.2, -0.15) is 0 Å². The molecule has 0 aromatic rings. The number of carboxylic acid groups (broad SMARTS) is 1. The number of fused-ring (bicyclic) bond motifs is 5. The smallest absolute Gasteiger partial charge is 0.309 e. The van der Waals surface area contributed by atoms with Crippen molar-refractivity contribution in [2.24, 2.45) is 63.6 Å². The van der Waals surface area contributed by atoms with Crippen molar-refractivity contribution >= 4 is 11.9 Å². The molecule has 4 aliphatic carbocycles. The van der Waals surface area contributed by atoms with Crippen molar-refractivity contribution in [2.75, 3.05) is 7.11 Å². The zero-order valence-electron chi connectivity index (χ0n) is 28.1. The van der Waals surface area contributed by atoms with Crippen LogP contribution in [0.1, 0.15) is 133 Å². The Hall–Kier alpha value is -1.32. The van der Waals surface area contributed by atoms with Gasteiger partial charge in [-0.1, -0.05) is 81.4 Å². The van der Waals surface area contributed by atoms with Crippen molar-refractivity contribution < 1.29 is 19.4 Å². The summed E-state index contributed by atoms with van der Waals surface area (Å²) in [6.45, 7) is 26.2. The fourth-order valence-corrected chi connectivity index (χ4v) is 10.5. The Kier molecular flexibility index (Phi) is 12.0. The maximum absolute atomic E-state index is 12.6. The monoisotopic (exact) mass is 560 g/mol. The van der Waals surface area contributed by atoms with E-state index in [0.29, 0.717) is 29.6 Å². The van der Waals surface area contributed by atoms with Crippen LogP contribution in [0.5, 0.6) is 0 Å². The summed E-state index contributed by atoms with van der Waals surface area (Å²) in [6.07, 6.45) is 10.6. The van der Waals surface area contributed by atoms with E-state index >= 15 is 0 Å². The second-order valence-electron chi connectivity index (χ2n) is 14.5. The number of methoxy groups -OCH3 is 1. The van der Waals surface area contributed by atoms with Gasteiger partial charge < -0.3 is 9.84 Å². The van der Waals surface area contributed by atoms with Gasteiger partial charge in [-0.25, -0.2) is 0 Å². The quantitative estimate of drug-likeness (QED) is 0.249. The van der Waals surface area contributed by atoms with E-state index in [2.05, 4.69) is 48.1 Å². The van der Waals surface area contributed by atoms with Crippen LogP contribution in [0.25, 0.3) is 0 Å². The lowest BCUT2D eigenvalue weighted by Crippen LogP contribution is -2.59. The van der Waals surface area contributed by atoms with E-state index in [0.717, 1.165) is 38.5 Å². The first-order valence-electron chi connectivity index (χ1n) is 16.8. The number of ether oxygens (including phenoxy) is 1. The van der Waals surface area contributed by atoms with E-state index < -0.39 is 5.97 Å². The van der Waals surface area contributed by atoms with Crippen LogP contribution >= 0.6 is 0 Å². The molecule has 0 spiro atoms. The molecule has 4 aliphatic rings. The van der Waals surface area contributed by atoms with Gasteiger partial charge in [0.2, 0.25) is 0 Å². The second-order valence-corrected chi connectivity index (χ2v) is 14.5. The number of rotatable bonds is 7. The first kappa shape index (κ1) is 34.9. The van der Waals surface area contributed by atoms with E-state index in [1.54, 1.807) is 0 Å². The first-order chi connectivity index (χ1) is 18.8. The molecule has 4 nitrogen and oxygen atoms in total. The van der Waals surface area contributed by atoms with Gasteiger partial charge in [-0.3, -0.25) is 9.59 Å². The maximum Gasteiger partial charge on any atom is 0.309 e. The lowest BCUT2D eigenvalue weighted by atomic mass is 9.40. The Bertz CT molecular complexity index is 874. The van der Waals surface area contributed by atoms with Crippen LogP contribution in [0, 0.1) is 63.6 Å². The summed E-state index contributed by atoms with van der Waals surface area (Å²) in [7, 11) is 1.53. The van der Waals surface area contributed by atoms with Crippen molar-refractivity contribution in [1.82, 2.24) is 0 Å². The molecule has 4 rings (SSSR count). The Labute approximate surface area is 247 Å². The van der Waals surface area contributed by atoms with Gasteiger partial charge in [-0.05, 0) is 116 Å². The van der Waals surface area contributed by atoms with Crippen molar-refractivity contribution in [3.8, 4) is 0 Å². The molecule has 0 radical (unpaired) electrons. The lowest BCUT2D eigenvalue weighted by Gasteiger charge is -2.65. The van der Waals surface area contributed by atoms with Crippen LogP contribution in [0.2, 0.25) is 0 Å². The van der Waals surface area contributed by atoms with Gasteiger partial charge in [0, 0.05) is 0 Å². The molecule has 1 N–H and O–H groups in total. The largest absolute Gasteiger partial charge is 0.481 e. The standard InChI is InChI=1S/C32H52O4.2C2H6/c1-19(2)20(3)9-10-22(28(33)34)24-13-12-23-21-11-14-27-30(4,5)26(29(35)36-8)16-18-32(27,7)25(21)15-17-31(23,24)6;2*1-2/h19,21-27H,3,9-18H2,1-2,4-8H3,(H,33,34);2*1-2H3. The summed E-state index contributed by atoms with van der Waals surface area (Å²) in [6, 6.07) is 0. The summed E-state index contributed by atoms with van der Waals surface area (Å²) in [5.74, 6) is 2.37. The molecule has 9 unspecified atom stereocenters. The number of aliphatic carboxylic acids is 1. The third-order valence-electron chi connectivity index (χ3n) is 12.6. The van der Waals surface area contributed by atoms with Crippen molar-refractivity contribution in [3.63, 3.8) is 0 Å². The predicted molar refractivity (Wildman–Crippen MR) is 167 cm³/mol. The summed E-state index contributed by atoms with van der Waals surface area (Å²) in [4.78, 5) is 25.2. The topological polar surface area (TPSA) is 63.6 Å². The Morgan fingerprint density at radius 3 is 2.00 bits per heavy atom. The molecular weight excluding hydrogens is 496 g/mol. The number of carboxylic acids is 1. The van der Waals surface area contributed by atoms with Gasteiger partial charge in [0.25, 0.3) is 0 Å². The fourth-order valence-electron chi connectivity index (χ4n) is 10.5. The highest BCUT2D eigenvalue weighted by atomic mass is 16.5. The van der Waals surface area contributed by atoms with Crippen LogP contribution < -0.4 is 0 Å². The molecule has 4 heteroatoms. The summed E-state index contributed by atoms with van der Waals surface area (Å²) < 4.78 is 5.22. The zero-order chi connectivity index (χ0) is 30.6. The van der Waals surface area contributed by atoms with Crippen molar-refractivity contribution in [2.45, 2.75) is 133 Å². The highest BCUT2D eigenvalue weighted by molar-refractivity contribution is 5.73. The number of hydrogen-bond donors (Lipinski definition) is 1. The number of allylic oxidation sites excluding steroid dienone is 1. The molecule has 0 aromatic heterocycles. The summed E-state index contributed by atoms with van der Waals surface area (Å²) >= 11 is 0. The average Bonchev–Trinajstić information content (AvgIpc) is 3.27. The maximum atomic E-state index is 12.6. The van der Waals surface area contributed by atoms with Crippen LogP contribution in [-0.4, -0.2) is 24.2 Å². The molecule has 4 saturated carbocycles. The molecule has 4 fully saturated rings. The van der Waals surface area contributed by atoms with E-state index in [1.165, 1.54) is 38.4 Å². The second kappa shape index (κ2) is 13.8. The minimum atomic E-state index is -0.598. The third-order valence-corrected chi connectivity index (χ3v) is 12.6. The molecule has 0 bridgehead atoms. The minimum Gasteiger partial charge on any atom is -0.481 e. The Balaban J connectivity index is 0.00000134. The minimum absolute atomic E-state index is 0.00115. The van der Waals surface area contributed by atoms with Gasteiger partial charge in [0.15, 0.2) is 0 Å². The summed E-state index contributed by atoms with van der Waals surface area (Å²) in [5.41, 5.74) is 1.53. The predicted octanol–water partition coefficient (Wildman–Crippen LogP) is 9.82. The van der Waals surface area contributed by atoms with Gasteiger partial charge in [-0.15, -0.1) is 0 Å². The molecule has 9 atom stereocenters. The first-order valence-corrected chi connectivity index (χ1v) is 16.8. The van der Waals surface area contributed by atoms with Crippen molar-refractivity contribution in [1.29, 1.82) is 0 Å². The zero-order valence-corrected chi connectivity index (χ0v) is 28.1. The molecule has 0 heterocycles. The molecule has 0 saturated heterocycles. The van der Waals surface area contributed by atoms with Gasteiger partial charge >= 0.3 is 11.9 Å². The number of carbonyl (C=O) groups excluding carboxylic acids is 1. The van der Waals surface area contributed by atoms with Crippen molar-refractivity contribution in [3.05, 3.63) is 12.2 Å². The molecule has 0 amide bonds. The molecular formula is C36H64O4. The highest BCUT2D eigenvalue weighted by Gasteiger charge is 2.64. The SMILES string of the molecule is C=C(CCC(C(=O)O)C1CCC2C3CCC4C(C)(C)C(C(=O)OC)CCC4(C)C3CCC12C)C(C)C.CC.CC. The molecule has 232 valence electrons. The van der Waals surface area contributed by atoms with Crippen LogP contribution in [0.4, 0.5) is 0 Å². The number of hydrogen-bond acceptors (Lipinski definition) is 3. The molecule has 0 aromatic carbocycles. The van der Waals surface area contributed by atoms with Gasteiger partial charge in [0.05, 0.1) is 18.9 Å².